The average molecular weight is 254 g/mol. The van der Waals surface area contributed by atoms with Crippen molar-refractivity contribution in [3.63, 3.8) is 0 Å². The van der Waals surface area contributed by atoms with Gasteiger partial charge in [-0.2, -0.15) is 0 Å². The minimum Gasteiger partial charge on any atom is -0.481 e. The standard InChI is InChI=1S/C13H22N2O3/c1-3-13(11(17)18)6-7-15(8-13)10(16)12(2,14)9-4-5-9/h9H,3-8,14H2,1-2H3,(H,17,18). The van der Waals surface area contributed by atoms with E-state index in [2.05, 4.69) is 0 Å². The third kappa shape index (κ3) is 2.00. The quantitative estimate of drug-likeness (QED) is 0.778. The van der Waals surface area contributed by atoms with E-state index in [-0.39, 0.29) is 11.8 Å². The fraction of sp³-hybridized carbons (Fsp3) is 0.846. The summed E-state index contributed by atoms with van der Waals surface area (Å²) in [5, 5.41) is 9.32. The molecule has 2 fully saturated rings. The summed E-state index contributed by atoms with van der Waals surface area (Å²) in [6.07, 6.45) is 3.09. The summed E-state index contributed by atoms with van der Waals surface area (Å²) in [5.41, 5.74) is 4.53. The predicted molar refractivity (Wildman–Crippen MR) is 66.9 cm³/mol. The Hall–Kier alpha value is -1.10. The molecule has 2 atom stereocenters. The average Bonchev–Trinajstić information content (AvgIpc) is 3.08. The lowest BCUT2D eigenvalue weighted by Crippen LogP contribution is -2.54. The van der Waals surface area contributed by atoms with Crippen LogP contribution in [0.25, 0.3) is 0 Å². The highest BCUT2D eigenvalue weighted by molar-refractivity contribution is 5.88. The molecule has 102 valence electrons. The molecule has 2 rings (SSSR count). The van der Waals surface area contributed by atoms with Gasteiger partial charge >= 0.3 is 5.97 Å². The van der Waals surface area contributed by atoms with Gasteiger partial charge in [0.25, 0.3) is 0 Å². The molecule has 1 heterocycles. The van der Waals surface area contributed by atoms with Crippen molar-refractivity contribution >= 4 is 11.9 Å². The summed E-state index contributed by atoms with van der Waals surface area (Å²) in [6.45, 7) is 4.46. The summed E-state index contributed by atoms with van der Waals surface area (Å²) in [5.74, 6) is -0.613. The molecule has 5 heteroatoms. The molecular formula is C13H22N2O3. The highest BCUT2D eigenvalue weighted by Gasteiger charge is 2.51. The highest BCUT2D eigenvalue weighted by Crippen LogP contribution is 2.41. The number of hydrogen-bond donors (Lipinski definition) is 2. The zero-order valence-corrected chi connectivity index (χ0v) is 11.1. The number of likely N-dealkylation sites (tertiary alicyclic amines) is 1. The molecule has 18 heavy (non-hydrogen) atoms. The monoisotopic (exact) mass is 254 g/mol. The van der Waals surface area contributed by atoms with E-state index in [1.165, 1.54) is 0 Å². The third-order valence-corrected chi connectivity index (χ3v) is 4.66. The summed E-state index contributed by atoms with van der Waals surface area (Å²) in [4.78, 5) is 25.4. The number of carboxylic acids is 1. The third-order valence-electron chi connectivity index (χ3n) is 4.66. The molecular weight excluding hydrogens is 232 g/mol. The van der Waals surface area contributed by atoms with Crippen LogP contribution in [0.3, 0.4) is 0 Å². The highest BCUT2D eigenvalue weighted by atomic mass is 16.4. The first-order valence-corrected chi connectivity index (χ1v) is 6.65. The van der Waals surface area contributed by atoms with Gasteiger partial charge in [0.15, 0.2) is 0 Å². The number of nitrogens with zero attached hydrogens (tertiary/aromatic N) is 1. The van der Waals surface area contributed by atoms with E-state index < -0.39 is 16.9 Å². The Kier molecular flexibility index (Phi) is 3.13. The predicted octanol–water partition coefficient (Wildman–Crippen LogP) is 0.827. The second-order valence-corrected chi connectivity index (χ2v) is 5.97. The van der Waals surface area contributed by atoms with Gasteiger partial charge < -0.3 is 15.7 Å². The van der Waals surface area contributed by atoms with Crippen molar-refractivity contribution in [2.24, 2.45) is 17.1 Å². The summed E-state index contributed by atoms with van der Waals surface area (Å²) in [7, 11) is 0. The molecule has 0 aromatic heterocycles. The lowest BCUT2D eigenvalue weighted by molar-refractivity contribution is -0.149. The maximum Gasteiger partial charge on any atom is 0.311 e. The van der Waals surface area contributed by atoms with Crippen molar-refractivity contribution in [1.82, 2.24) is 4.90 Å². The van der Waals surface area contributed by atoms with E-state index in [1.807, 2.05) is 6.92 Å². The molecule has 1 aliphatic carbocycles. The van der Waals surface area contributed by atoms with Gasteiger partial charge in [0, 0.05) is 13.1 Å². The van der Waals surface area contributed by atoms with Crippen LogP contribution in [-0.4, -0.2) is 40.5 Å². The van der Waals surface area contributed by atoms with Gasteiger partial charge in [-0.05, 0) is 38.5 Å². The second-order valence-electron chi connectivity index (χ2n) is 5.97. The van der Waals surface area contributed by atoms with Crippen molar-refractivity contribution in [1.29, 1.82) is 0 Å². The maximum atomic E-state index is 12.4. The van der Waals surface area contributed by atoms with E-state index >= 15 is 0 Å². The van der Waals surface area contributed by atoms with Crippen molar-refractivity contribution in [2.75, 3.05) is 13.1 Å². The molecule has 0 aromatic rings. The number of carboxylic acid groups (broad SMARTS) is 1. The van der Waals surface area contributed by atoms with Gasteiger partial charge in [-0.25, -0.2) is 0 Å². The molecule has 1 aliphatic heterocycles. The molecule has 0 spiro atoms. The van der Waals surface area contributed by atoms with E-state index in [0.29, 0.717) is 25.9 Å². The van der Waals surface area contributed by atoms with E-state index in [4.69, 9.17) is 5.73 Å². The Morgan fingerprint density at radius 3 is 2.50 bits per heavy atom. The summed E-state index contributed by atoms with van der Waals surface area (Å²) in [6, 6.07) is 0. The van der Waals surface area contributed by atoms with Gasteiger partial charge in [-0.15, -0.1) is 0 Å². The first-order chi connectivity index (χ1) is 8.33. The van der Waals surface area contributed by atoms with Crippen molar-refractivity contribution in [3.05, 3.63) is 0 Å². The van der Waals surface area contributed by atoms with Crippen LogP contribution in [0, 0.1) is 11.3 Å². The minimum atomic E-state index is -0.817. The number of nitrogens with two attached hydrogens (primary N) is 1. The maximum absolute atomic E-state index is 12.4. The fourth-order valence-corrected chi connectivity index (χ4v) is 2.86. The number of aliphatic carboxylic acids is 1. The number of rotatable bonds is 4. The first kappa shape index (κ1) is 13.3. The minimum absolute atomic E-state index is 0.0819. The van der Waals surface area contributed by atoms with Gasteiger partial charge in [0.05, 0.1) is 11.0 Å². The fourth-order valence-electron chi connectivity index (χ4n) is 2.86. The molecule has 5 nitrogen and oxygen atoms in total. The number of carbonyl (C=O) groups excluding carboxylic acids is 1. The number of hydrogen-bond acceptors (Lipinski definition) is 3. The molecule has 2 unspecified atom stereocenters. The normalized spacial score (nSPS) is 31.2. The zero-order valence-electron chi connectivity index (χ0n) is 11.1. The van der Waals surface area contributed by atoms with Crippen molar-refractivity contribution in [3.8, 4) is 0 Å². The van der Waals surface area contributed by atoms with Crippen LogP contribution in [0.2, 0.25) is 0 Å². The number of carbonyl (C=O) groups is 2. The summed E-state index contributed by atoms with van der Waals surface area (Å²) < 4.78 is 0. The van der Waals surface area contributed by atoms with Gasteiger partial charge in [0.2, 0.25) is 5.91 Å². The SMILES string of the molecule is CCC1(C(=O)O)CCN(C(=O)C(C)(N)C2CC2)C1. The molecule has 0 bridgehead atoms. The Morgan fingerprint density at radius 1 is 1.50 bits per heavy atom. The Morgan fingerprint density at radius 2 is 2.11 bits per heavy atom. The molecule has 1 saturated heterocycles. The van der Waals surface area contributed by atoms with Crippen molar-refractivity contribution in [2.45, 2.75) is 45.1 Å². The Balaban J connectivity index is 2.08. The smallest absolute Gasteiger partial charge is 0.311 e. The zero-order chi connectivity index (χ0) is 13.6. The molecule has 0 radical (unpaired) electrons. The first-order valence-electron chi connectivity index (χ1n) is 6.65. The lowest BCUT2D eigenvalue weighted by atomic mass is 9.84. The van der Waals surface area contributed by atoms with Crippen LogP contribution in [-0.2, 0) is 9.59 Å². The van der Waals surface area contributed by atoms with Gasteiger partial charge in [0.1, 0.15) is 0 Å². The van der Waals surface area contributed by atoms with Crippen LogP contribution in [0.5, 0.6) is 0 Å². The largest absolute Gasteiger partial charge is 0.481 e. The molecule has 1 amide bonds. The van der Waals surface area contributed by atoms with Gasteiger partial charge in [-0.1, -0.05) is 6.92 Å². The van der Waals surface area contributed by atoms with E-state index in [1.54, 1.807) is 11.8 Å². The van der Waals surface area contributed by atoms with Crippen LogP contribution >= 0.6 is 0 Å². The van der Waals surface area contributed by atoms with Crippen LogP contribution in [0.15, 0.2) is 0 Å². The van der Waals surface area contributed by atoms with Crippen LogP contribution < -0.4 is 5.73 Å². The van der Waals surface area contributed by atoms with E-state index in [9.17, 15) is 14.7 Å². The molecule has 2 aliphatic rings. The second kappa shape index (κ2) is 4.23. The molecule has 1 saturated carbocycles. The topological polar surface area (TPSA) is 83.6 Å². The van der Waals surface area contributed by atoms with Crippen LogP contribution in [0.4, 0.5) is 0 Å². The van der Waals surface area contributed by atoms with Crippen LogP contribution in [0.1, 0.15) is 39.5 Å². The summed E-state index contributed by atoms with van der Waals surface area (Å²) >= 11 is 0. The van der Waals surface area contributed by atoms with Crippen molar-refractivity contribution < 1.29 is 14.7 Å². The Bertz CT molecular complexity index is 376. The molecule has 3 N–H and O–H groups in total. The van der Waals surface area contributed by atoms with E-state index in [0.717, 1.165) is 12.8 Å². The van der Waals surface area contributed by atoms with Gasteiger partial charge in [-0.3, -0.25) is 9.59 Å². The Labute approximate surface area is 107 Å². The lowest BCUT2D eigenvalue weighted by Gasteiger charge is -2.30. The number of amides is 1. The molecule has 0 aromatic carbocycles.